The summed E-state index contributed by atoms with van der Waals surface area (Å²) in [4.78, 5) is 23.7. The van der Waals surface area contributed by atoms with Crippen molar-refractivity contribution in [3.8, 4) is 17.6 Å². The number of amides is 1. The van der Waals surface area contributed by atoms with E-state index in [-0.39, 0.29) is 12.2 Å². The predicted octanol–water partition coefficient (Wildman–Crippen LogP) is 4.00. The number of carbonyl (C=O) groups is 2. The van der Waals surface area contributed by atoms with E-state index in [2.05, 4.69) is 55.2 Å². The molecule has 0 radical (unpaired) electrons. The summed E-state index contributed by atoms with van der Waals surface area (Å²) in [6.45, 7) is -0.203. The second kappa shape index (κ2) is 11.0. The normalized spacial score (nSPS) is 10.7. The molecule has 0 atom stereocenters. The first kappa shape index (κ1) is 23.0. The number of halogens is 2. The Bertz CT molecular complexity index is 958. The minimum atomic E-state index is -0.520. The first-order valence-electron chi connectivity index (χ1n) is 8.13. The number of carbonyl (C=O) groups excluding carboxylic acids is 2. The molecule has 0 bridgehead atoms. The van der Waals surface area contributed by atoms with Gasteiger partial charge in [-0.3, -0.25) is 4.79 Å². The summed E-state index contributed by atoms with van der Waals surface area (Å²) in [6.07, 6.45) is 1.49. The predicted molar refractivity (Wildman–Crippen MR) is 125 cm³/mol. The number of nitriles is 1. The van der Waals surface area contributed by atoms with E-state index in [1.165, 1.54) is 13.2 Å². The van der Waals surface area contributed by atoms with Crippen LogP contribution in [-0.4, -0.2) is 32.7 Å². The molecule has 7 nitrogen and oxygen atoms in total. The molecular formula is C20H16I2N2O5. The van der Waals surface area contributed by atoms with Crippen molar-refractivity contribution in [3.63, 3.8) is 0 Å². The Morgan fingerprint density at radius 3 is 2.28 bits per heavy atom. The first-order valence-corrected chi connectivity index (χ1v) is 10.3. The van der Waals surface area contributed by atoms with E-state index < -0.39 is 11.9 Å². The number of hydrogen-bond donors (Lipinski definition) is 1. The van der Waals surface area contributed by atoms with Crippen LogP contribution in [0.3, 0.4) is 0 Å². The first-order chi connectivity index (χ1) is 13.9. The Morgan fingerprint density at radius 2 is 1.76 bits per heavy atom. The maximum Gasteiger partial charge on any atom is 0.343 e. The van der Waals surface area contributed by atoms with Crippen molar-refractivity contribution in [3.05, 3.63) is 54.7 Å². The lowest BCUT2D eigenvalue weighted by atomic mass is 10.1. The molecule has 0 aliphatic heterocycles. The van der Waals surface area contributed by atoms with E-state index in [1.54, 1.807) is 43.5 Å². The average Bonchev–Trinajstić information content (AvgIpc) is 2.71. The fraction of sp³-hybridized carbons (Fsp3) is 0.150. The van der Waals surface area contributed by atoms with Crippen molar-refractivity contribution in [2.24, 2.45) is 0 Å². The fourth-order valence-electron chi connectivity index (χ4n) is 2.18. The average molecular weight is 618 g/mol. The number of hydrogen-bond acceptors (Lipinski definition) is 6. The highest BCUT2D eigenvalue weighted by Gasteiger charge is 2.13. The van der Waals surface area contributed by atoms with Gasteiger partial charge in [0.1, 0.15) is 23.1 Å². The van der Waals surface area contributed by atoms with Crippen LogP contribution in [0.15, 0.2) is 42.0 Å². The van der Waals surface area contributed by atoms with Crippen LogP contribution in [0, 0.1) is 18.5 Å². The van der Waals surface area contributed by atoms with Gasteiger partial charge in [0.25, 0.3) is 5.91 Å². The lowest BCUT2D eigenvalue weighted by Crippen LogP contribution is -2.14. The Morgan fingerprint density at radius 1 is 1.14 bits per heavy atom. The van der Waals surface area contributed by atoms with E-state index in [0.717, 1.165) is 7.14 Å². The molecule has 0 spiro atoms. The summed E-state index contributed by atoms with van der Waals surface area (Å²) >= 11 is 4.13. The molecule has 150 valence electrons. The lowest BCUT2D eigenvalue weighted by Gasteiger charge is -2.11. The molecule has 29 heavy (non-hydrogen) atoms. The molecule has 0 unspecified atom stereocenters. The number of rotatable bonds is 7. The maximum absolute atomic E-state index is 12.4. The van der Waals surface area contributed by atoms with Crippen molar-refractivity contribution in [2.45, 2.75) is 0 Å². The number of anilines is 1. The summed E-state index contributed by atoms with van der Waals surface area (Å²) in [7, 11) is 2.84. The van der Waals surface area contributed by atoms with Crippen molar-refractivity contribution < 1.29 is 23.8 Å². The van der Waals surface area contributed by atoms with Gasteiger partial charge in [0, 0.05) is 5.69 Å². The molecule has 9 heteroatoms. The van der Waals surface area contributed by atoms with Crippen molar-refractivity contribution >= 4 is 68.8 Å². The summed E-state index contributed by atoms with van der Waals surface area (Å²) in [5.41, 5.74) is 1.16. The molecule has 0 fully saturated rings. The highest BCUT2D eigenvalue weighted by molar-refractivity contribution is 14.1. The van der Waals surface area contributed by atoms with Crippen LogP contribution in [-0.2, 0) is 14.3 Å². The van der Waals surface area contributed by atoms with Gasteiger partial charge in [0.2, 0.25) is 0 Å². The van der Waals surface area contributed by atoms with Crippen LogP contribution in [0.25, 0.3) is 6.08 Å². The zero-order chi connectivity index (χ0) is 21.4. The van der Waals surface area contributed by atoms with Crippen LogP contribution < -0.4 is 14.8 Å². The van der Waals surface area contributed by atoms with Gasteiger partial charge < -0.3 is 19.5 Å². The van der Waals surface area contributed by atoms with Crippen LogP contribution >= 0.6 is 45.2 Å². The summed E-state index contributed by atoms with van der Waals surface area (Å²) in [5.74, 6) is 0.198. The highest BCUT2D eigenvalue weighted by Crippen LogP contribution is 2.30. The molecule has 0 saturated carbocycles. The van der Waals surface area contributed by atoms with Gasteiger partial charge in [-0.05, 0) is 93.2 Å². The largest absolute Gasteiger partial charge is 0.497 e. The van der Waals surface area contributed by atoms with Crippen molar-refractivity contribution in [2.75, 3.05) is 26.1 Å². The fourth-order valence-corrected chi connectivity index (χ4v) is 4.31. The number of nitrogens with one attached hydrogen (secondary N) is 1. The van der Waals surface area contributed by atoms with Crippen molar-refractivity contribution in [1.82, 2.24) is 0 Å². The minimum Gasteiger partial charge on any atom is -0.497 e. The SMILES string of the molecule is COC(=O)COc1c(I)cc(/C=C(/C#N)C(=O)Nc2ccc(OC)cc2)cc1I. The Labute approximate surface area is 195 Å². The summed E-state index contributed by atoms with van der Waals surface area (Å²) < 4.78 is 16.6. The number of methoxy groups -OCH3 is 2. The molecule has 0 aliphatic rings. The third-order valence-electron chi connectivity index (χ3n) is 3.61. The van der Waals surface area contributed by atoms with Gasteiger partial charge >= 0.3 is 5.97 Å². The van der Waals surface area contributed by atoms with Crippen LogP contribution in [0.4, 0.5) is 5.69 Å². The number of ether oxygens (including phenoxy) is 3. The van der Waals surface area contributed by atoms with E-state index >= 15 is 0 Å². The van der Waals surface area contributed by atoms with Crippen LogP contribution in [0.1, 0.15) is 5.56 Å². The Kier molecular flexibility index (Phi) is 8.71. The molecule has 0 aromatic heterocycles. The van der Waals surface area contributed by atoms with Gasteiger partial charge in [-0.1, -0.05) is 0 Å². The number of nitrogens with zero attached hydrogens (tertiary/aromatic N) is 1. The monoisotopic (exact) mass is 618 g/mol. The van der Waals surface area contributed by atoms with Crippen LogP contribution in [0.5, 0.6) is 11.5 Å². The molecule has 2 aromatic carbocycles. The molecule has 0 saturated heterocycles. The Balaban J connectivity index is 2.19. The van der Waals surface area contributed by atoms with E-state index in [4.69, 9.17) is 9.47 Å². The quantitative estimate of drug-likeness (QED) is 0.218. The van der Waals surface area contributed by atoms with Gasteiger partial charge in [-0.15, -0.1) is 0 Å². The molecule has 0 heterocycles. The molecular weight excluding hydrogens is 602 g/mol. The van der Waals surface area contributed by atoms with Crippen LogP contribution in [0.2, 0.25) is 0 Å². The van der Waals surface area contributed by atoms with Gasteiger partial charge in [0.05, 0.1) is 21.4 Å². The van der Waals surface area contributed by atoms with Crippen molar-refractivity contribution in [1.29, 1.82) is 5.26 Å². The third-order valence-corrected chi connectivity index (χ3v) is 5.21. The summed E-state index contributed by atoms with van der Waals surface area (Å²) in [6, 6.07) is 12.2. The topological polar surface area (TPSA) is 97.7 Å². The molecule has 2 rings (SSSR count). The lowest BCUT2D eigenvalue weighted by molar-refractivity contribution is -0.142. The van der Waals surface area contributed by atoms with Gasteiger partial charge in [-0.2, -0.15) is 5.26 Å². The summed E-state index contributed by atoms with van der Waals surface area (Å²) in [5, 5.41) is 12.1. The smallest absolute Gasteiger partial charge is 0.343 e. The Hall–Kier alpha value is -2.33. The minimum absolute atomic E-state index is 0.0457. The molecule has 1 amide bonds. The van der Waals surface area contributed by atoms with Gasteiger partial charge in [0.15, 0.2) is 6.61 Å². The number of esters is 1. The second-order valence-corrected chi connectivity index (χ2v) is 7.86. The zero-order valence-corrected chi connectivity index (χ0v) is 19.8. The third kappa shape index (κ3) is 6.60. The second-order valence-electron chi connectivity index (χ2n) is 5.53. The van der Waals surface area contributed by atoms with E-state index in [9.17, 15) is 14.9 Å². The zero-order valence-electron chi connectivity index (χ0n) is 15.5. The maximum atomic E-state index is 12.4. The van der Waals surface area contributed by atoms with Gasteiger partial charge in [-0.25, -0.2) is 4.79 Å². The standard InChI is InChI=1S/C20H16I2N2O5/c1-27-15-5-3-14(4-6-15)24-20(26)13(10-23)7-12-8-16(21)19(17(22)9-12)29-11-18(25)28-2/h3-9H,11H2,1-2H3,(H,24,26)/b13-7-. The molecule has 0 aliphatic carbocycles. The molecule has 1 N–H and O–H groups in total. The van der Waals surface area contributed by atoms with E-state index in [0.29, 0.717) is 22.7 Å². The number of benzene rings is 2. The highest BCUT2D eigenvalue weighted by atomic mass is 127. The van der Waals surface area contributed by atoms with E-state index in [1.807, 2.05) is 6.07 Å². The molecule has 2 aromatic rings.